The monoisotopic (exact) mass is 246 g/mol. The zero-order valence-corrected chi connectivity index (χ0v) is 10.6. The van der Waals surface area contributed by atoms with Crippen molar-refractivity contribution in [2.45, 2.75) is 44.6 Å². The third-order valence-electron chi connectivity index (χ3n) is 3.48. The van der Waals surface area contributed by atoms with E-state index in [2.05, 4.69) is 12.1 Å². The summed E-state index contributed by atoms with van der Waals surface area (Å²) in [5, 5.41) is 0. The second-order valence-corrected chi connectivity index (χ2v) is 4.80. The SMILES string of the molecule is CC(=O)C(=O)OC1CCCCC1c1ccccc1. The van der Waals surface area contributed by atoms with Gasteiger partial charge in [0.2, 0.25) is 5.78 Å². The first kappa shape index (κ1) is 12.8. The predicted octanol–water partition coefficient (Wildman–Crippen LogP) is 2.85. The van der Waals surface area contributed by atoms with Gasteiger partial charge in [0.05, 0.1) is 0 Å². The van der Waals surface area contributed by atoms with Crippen LogP contribution < -0.4 is 0 Å². The van der Waals surface area contributed by atoms with Crippen molar-refractivity contribution in [3.05, 3.63) is 35.9 Å². The molecule has 0 bridgehead atoms. The van der Waals surface area contributed by atoms with Crippen LogP contribution in [0.4, 0.5) is 0 Å². The first-order valence-electron chi connectivity index (χ1n) is 6.45. The van der Waals surface area contributed by atoms with Gasteiger partial charge in [-0.2, -0.15) is 0 Å². The molecule has 2 atom stereocenters. The molecule has 3 nitrogen and oxygen atoms in total. The number of hydrogen-bond donors (Lipinski definition) is 0. The Labute approximate surface area is 107 Å². The topological polar surface area (TPSA) is 43.4 Å². The van der Waals surface area contributed by atoms with Crippen molar-refractivity contribution in [3.63, 3.8) is 0 Å². The molecule has 2 unspecified atom stereocenters. The van der Waals surface area contributed by atoms with E-state index in [4.69, 9.17) is 4.74 Å². The van der Waals surface area contributed by atoms with Crippen LogP contribution in [0.3, 0.4) is 0 Å². The molecule has 0 saturated heterocycles. The van der Waals surface area contributed by atoms with Crippen LogP contribution in [0.1, 0.15) is 44.1 Å². The normalized spacial score (nSPS) is 23.4. The zero-order valence-electron chi connectivity index (χ0n) is 10.6. The third-order valence-corrected chi connectivity index (χ3v) is 3.48. The van der Waals surface area contributed by atoms with Crippen LogP contribution in [0.5, 0.6) is 0 Å². The number of ketones is 1. The molecule has 0 N–H and O–H groups in total. The summed E-state index contributed by atoms with van der Waals surface area (Å²) in [6.07, 6.45) is 3.91. The highest BCUT2D eigenvalue weighted by atomic mass is 16.5. The van der Waals surface area contributed by atoms with E-state index in [9.17, 15) is 9.59 Å². The standard InChI is InChI=1S/C15H18O3/c1-11(16)15(17)18-14-10-6-5-9-13(14)12-7-3-2-4-8-12/h2-4,7-8,13-14H,5-6,9-10H2,1H3. The van der Waals surface area contributed by atoms with Crippen molar-refractivity contribution >= 4 is 11.8 Å². The Morgan fingerprint density at radius 2 is 1.78 bits per heavy atom. The molecular formula is C15H18O3. The molecule has 1 aliphatic carbocycles. The number of benzene rings is 1. The van der Waals surface area contributed by atoms with Gasteiger partial charge in [0.15, 0.2) is 0 Å². The molecule has 1 aliphatic rings. The van der Waals surface area contributed by atoms with Crippen molar-refractivity contribution < 1.29 is 14.3 Å². The fourth-order valence-corrected chi connectivity index (χ4v) is 2.54. The molecule has 0 heterocycles. The number of carbonyl (C=O) groups is 2. The maximum atomic E-state index is 11.4. The summed E-state index contributed by atoms with van der Waals surface area (Å²) in [4.78, 5) is 22.4. The van der Waals surface area contributed by atoms with Crippen LogP contribution >= 0.6 is 0 Å². The minimum absolute atomic E-state index is 0.155. The van der Waals surface area contributed by atoms with Gasteiger partial charge in [-0.3, -0.25) is 4.79 Å². The molecule has 0 amide bonds. The molecule has 96 valence electrons. The van der Waals surface area contributed by atoms with E-state index >= 15 is 0 Å². The maximum absolute atomic E-state index is 11.4. The van der Waals surface area contributed by atoms with Gasteiger partial charge in [0.25, 0.3) is 0 Å². The van der Waals surface area contributed by atoms with E-state index in [-0.39, 0.29) is 12.0 Å². The Bertz CT molecular complexity index is 425. The minimum atomic E-state index is -0.706. The van der Waals surface area contributed by atoms with Gasteiger partial charge in [-0.1, -0.05) is 36.8 Å². The number of carbonyl (C=O) groups excluding carboxylic acids is 2. The van der Waals surface area contributed by atoms with E-state index in [0.29, 0.717) is 0 Å². The van der Waals surface area contributed by atoms with Crippen LogP contribution in [0, 0.1) is 0 Å². The molecule has 3 heteroatoms. The van der Waals surface area contributed by atoms with Crippen molar-refractivity contribution in [1.82, 2.24) is 0 Å². The molecule has 1 fully saturated rings. The van der Waals surface area contributed by atoms with E-state index in [0.717, 1.165) is 25.7 Å². The molecule has 1 aromatic carbocycles. The fraction of sp³-hybridized carbons (Fsp3) is 0.467. The quantitative estimate of drug-likeness (QED) is 0.608. The second-order valence-electron chi connectivity index (χ2n) is 4.80. The third kappa shape index (κ3) is 2.97. The van der Waals surface area contributed by atoms with Crippen molar-refractivity contribution in [3.8, 4) is 0 Å². The van der Waals surface area contributed by atoms with Crippen LogP contribution in [-0.2, 0) is 14.3 Å². The number of ether oxygens (including phenoxy) is 1. The average Bonchev–Trinajstić information content (AvgIpc) is 2.40. The summed E-state index contributed by atoms with van der Waals surface area (Å²) < 4.78 is 5.33. The lowest BCUT2D eigenvalue weighted by Crippen LogP contribution is -2.30. The van der Waals surface area contributed by atoms with E-state index in [1.165, 1.54) is 12.5 Å². The first-order valence-corrected chi connectivity index (χ1v) is 6.45. The van der Waals surface area contributed by atoms with Gasteiger partial charge in [0, 0.05) is 12.8 Å². The lowest BCUT2D eigenvalue weighted by molar-refractivity contribution is -0.159. The number of hydrogen-bond acceptors (Lipinski definition) is 3. The summed E-state index contributed by atoms with van der Waals surface area (Å²) in [5.41, 5.74) is 1.19. The smallest absolute Gasteiger partial charge is 0.374 e. The van der Waals surface area contributed by atoms with Gasteiger partial charge >= 0.3 is 5.97 Å². The Morgan fingerprint density at radius 1 is 1.11 bits per heavy atom. The van der Waals surface area contributed by atoms with Crippen LogP contribution in [0.15, 0.2) is 30.3 Å². The Kier molecular flexibility index (Phi) is 4.13. The van der Waals surface area contributed by atoms with Gasteiger partial charge in [-0.15, -0.1) is 0 Å². The average molecular weight is 246 g/mol. The Hall–Kier alpha value is -1.64. The molecule has 0 aliphatic heterocycles. The minimum Gasteiger partial charge on any atom is -0.456 e. The predicted molar refractivity (Wildman–Crippen MR) is 68.2 cm³/mol. The van der Waals surface area contributed by atoms with E-state index < -0.39 is 11.8 Å². The lowest BCUT2D eigenvalue weighted by Gasteiger charge is -2.31. The van der Waals surface area contributed by atoms with Gasteiger partial charge in [-0.25, -0.2) is 4.79 Å². The van der Waals surface area contributed by atoms with E-state index in [1.807, 2.05) is 18.2 Å². The summed E-state index contributed by atoms with van der Waals surface area (Å²) in [6, 6.07) is 10.1. The van der Waals surface area contributed by atoms with Crippen molar-refractivity contribution in [2.24, 2.45) is 0 Å². The maximum Gasteiger partial charge on any atom is 0.374 e. The first-order chi connectivity index (χ1) is 8.68. The molecule has 0 radical (unpaired) electrons. The summed E-state index contributed by atoms with van der Waals surface area (Å²) in [7, 11) is 0. The van der Waals surface area contributed by atoms with Crippen LogP contribution in [0.2, 0.25) is 0 Å². The summed E-state index contributed by atoms with van der Waals surface area (Å²) in [6.45, 7) is 1.25. The van der Waals surface area contributed by atoms with Gasteiger partial charge in [0.1, 0.15) is 6.10 Å². The molecule has 1 saturated carbocycles. The zero-order chi connectivity index (χ0) is 13.0. The van der Waals surface area contributed by atoms with E-state index in [1.54, 1.807) is 0 Å². The molecule has 1 aromatic rings. The highest BCUT2D eigenvalue weighted by molar-refractivity contribution is 6.32. The number of esters is 1. The largest absolute Gasteiger partial charge is 0.456 e. The molecule has 2 rings (SSSR count). The molecular weight excluding hydrogens is 228 g/mol. The van der Waals surface area contributed by atoms with Crippen molar-refractivity contribution in [2.75, 3.05) is 0 Å². The van der Waals surface area contributed by atoms with Gasteiger partial charge in [-0.05, 0) is 24.8 Å². The molecule has 0 aromatic heterocycles. The lowest BCUT2D eigenvalue weighted by atomic mass is 9.81. The molecule has 18 heavy (non-hydrogen) atoms. The Balaban J connectivity index is 2.11. The summed E-state index contributed by atoms with van der Waals surface area (Å²) in [5.74, 6) is -1.00. The number of Topliss-reactive ketones (excluding diaryl/α,β-unsaturated/α-hetero) is 1. The second kappa shape index (κ2) is 5.80. The summed E-state index contributed by atoms with van der Waals surface area (Å²) >= 11 is 0. The highest BCUT2D eigenvalue weighted by Gasteiger charge is 2.30. The van der Waals surface area contributed by atoms with Crippen molar-refractivity contribution in [1.29, 1.82) is 0 Å². The molecule has 0 spiro atoms. The Morgan fingerprint density at radius 3 is 2.44 bits per heavy atom. The van der Waals surface area contributed by atoms with Crippen LogP contribution in [0.25, 0.3) is 0 Å². The van der Waals surface area contributed by atoms with Gasteiger partial charge < -0.3 is 4.74 Å². The van der Waals surface area contributed by atoms with Crippen LogP contribution in [-0.4, -0.2) is 17.9 Å². The fourth-order valence-electron chi connectivity index (χ4n) is 2.54. The number of rotatable bonds is 3. The highest BCUT2D eigenvalue weighted by Crippen LogP contribution is 2.34.